The predicted molar refractivity (Wildman–Crippen MR) is 106 cm³/mol. The maximum atomic E-state index is 13.2. The summed E-state index contributed by atoms with van der Waals surface area (Å²) in [4.78, 5) is 14.8. The molecule has 0 unspecified atom stereocenters. The highest BCUT2D eigenvalue weighted by Crippen LogP contribution is 2.36. The predicted octanol–water partition coefficient (Wildman–Crippen LogP) is 4.46. The second kappa shape index (κ2) is 8.27. The molecule has 29 heavy (non-hydrogen) atoms. The zero-order chi connectivity index (χ0) is 21.2. The molecular formula is C19H19F3N2O3S2. The molecule has 0 spiro atoms. The Bertz CT molecular complexity index is 1020. The highest BCUT2D eigenvalue weighted by atomic mass is 32.2. The van der Waals surface area contributed by atoms with Gasteiger partial charge in [-0.3, -0.25) is 9.52 Å². The molecule has 0 bridgehead atoms. The number of carbonyl (C=O) groups is 1. The molecule has 156 valence electrons. The van der Waals surface area contributed by atoms with Crippen LogP contribution < -0.4 is 4.72 Å². The average Bonchev–Trinajstić information content (AvgIpc) is 3.21. The fourth-order valence-corrected chi connectivity index (χ4v) is 4.81. The quantitative estimate of drug-likeness (QED) is 0.692. The summed E-state index contributed by atoms with van der Waals surface area (Å²) in [5.41, 5.74) is -1.43. The molecule has 0 atom stereocenters. The maximum absolute atomic E-state index is 13.2. The van der Waals surface area contributed by atoms with Gasteiger partial charge in [-0.2, -0.15) is 13.2 Å². The summed E-state index contributed by atoms with van der Waals surface area (Å²) < 4.78 is 67.1. The number of halogens is 3. The molecule has 2 aromatic carbocycles. The molecule has 1 heterocycles. The van der Waals surface area contributed by atoms with Crippen molar-refractivity contribution in [3.8, 4) is 0 Å². The number of nitrogens with zero attached hydrogens (tertiary/aromatic N) is 1. The van der Waals surface area contributed by atoms with Gasteiger partial charge in [0.25, 0.3) is 15.9 Å². The number of amides is 1. The Hall–Kier alpha value is -2.20. The topological polar surface area (TPSA) is 66.5 Å². The standard InChI is InChI=1S/C19H19F3N2O3S2/c1-28-17-9-8-13(12-14(17)18(25)24-10-4-5-11-24)29(26,27)23-16-7-3-2-6-15(16)19(20,21)22/h2-3,6-9,12,23H,4-5,10-11H2,1H3. The van der Waals surface area contributed by atoms with Crippen molar-refractivity contribution < 1.29 is 26.4 Å². The number of benzene rings is 2. The minimum absolute atomic E-state index is 0.228. The molecule has 10 heteroatoms. The zero-order valence-electron chi connectivity index (χ0n) is 15.5. The van der Waals surface area contributed by atoms with Gasteiger partial charge in [0.15, 0.2) is 0 Å². The maximum Gasteiger partial charge on any atom is 0.418 e. The van der Waals surface area contributed by atoms with Crippen molar-refractivity contribution in [3.63, 3.8) is 0 Å². The number of anilines is 1. The number of hydrogen-bond acceptors (Lipinski definition) is 4. The molecular weight excluding hydrogens is 425 g/mol. The van der Waals surface area contributed by atoms with E-state index in [1.807, 2.05) is 4.72 Å². The fourth-order valence-electron chi connectivity index (χ4n) is 3.13. The summed E-state index contributed by atoms with van der Waals surface area (Å²) in [5.74, 6) is -0.278. The van der Waals surface area contributed by atoms with E-state index in [0.29, 0.717) is 18.0 Å². The summed E-state index contributed by atoms with van der Waals surface area (Å²) >= 11 is 1.30. The van der Waals surface area contributed by atoms with E-state index in [1.165, 1.54) is 42.1 Å². The molecule has 1 aliphatic rings. The molecule has 0 saturated carbocycles. The number of sulfonamides is 1. The van der Waals surface area contributed by atoms with Crippen LogP contribution in [0.25, 0.3) is 0 Å². The van der Waals surface area contributed by atoms with E-state index in [0.717, 1.165) is 25.0 Å². The first-order chi connectivity index (χ1) is 13.6. The van der Waals surface area contributed by atoms with Crippen LogP contribution in [-0.4, -0.2) is 38.6 Å². The van der Waals surface area contributed by atoms with Gasteiger partial charge in [0.05, 0.1) is 21.7 Å². The number of likely N-dealkylation sites (tertiary alicyclic amines) is 1. The number of carbonyl (C=O) groups excluding carboxylic acids is 1. The van der Waals surface area contributed by atoms with Crippen LogP contribution >= 0.6 is 11.8 Å². The van der Waals surface area contributed by atoms with Crippen molar-refractivity contribution >= 4 is 33.4 Å². The van der Waals surface area contributed by atoms with Gasteiger partial charge in [-0.25, -0.2) is 8.42 Å². The van der Waals surface area contributed by atoms with Crippen molar-refractivity contribution in [1.82, 2.24) is 4.90 Å². The highest BCUT2D eigenvalue weighted by Gasteiger charge is 2.34. The molecule has 5 nitrogen and oxygen atoms in total. The van der Waals surface area contributed by atoms with Gasteiger partial charge in [0, 0.05) is 18.0 Å². The second-order valence-electron chi connectivity index (χ2n) is 6.51. The monoisotopic (exact) mass is 444 g/mol. The summed E-state index contributed by atoms with van der Waals surface area (Å²) in [5, 5.41) is 0. The molecule has 2 aromatic rings. The van der Waals surface area contributed by atoms with Crippen LogP contribution in [0.2, 0.25) is 0 Å². The summed E-state index contributed by atoms with van der Waals surface area (Å²) in [7, 11) is -4.33. The molecule has 1 amide bonds. The Kier molecular flexibility index (Phi) is 6.13. The van der Waals surface area contributed by atoms with E-state index < -0.39 is 27.5 Å². The van der Waals surface area contributed by atoms with Crippen LogP contribution in [0.5, 0.6) is 0 Å². The number of nitrogens with one attached hydrogen (secondary N) is 1. The minimum Gasteiger partial charge on any atom is -0.339 e. The smallest absolute Gasteiger partial charge is 0.339 e. The number of rotatable bonds is 5. The summed E-state index contributed by atoms with van der Waals surface area (Å²) in [6.45, 7) is 1.20. The van der Waals surface area contributed by atoms with E-state index in [-0.39, 0.29) is 16.4 Å². The Morgan fingerprint density at radius 1 is 1.10 bits per heavy atom. The normalized spacial score (nSPS) is 14.8. The fraction of sp³-hybridized carbons (Fsp3) is 0.316. The highest BCUT2D eigenvalue weighted by molar-refractivity contribution is 7.98. The average molecular weight is 445 g/mol. The van der Waals surface area contributed by atoms with Gasteiger partial charge in [-0.15, -0.1) is 11.8 Å². The summed E-state index contributed by atoms with van der Waals surface area (Å²) in [6.07, 6.45) is -1.18. The number of thioether (sulfide) groups is 1. The van der Waals surface area contributed by atoms with Gasteiger partial charge >= 0.3 is 6.18 Å². The van der Waals surface area contributed by atoms with Gasteiger partial charge in [0.1, 0.15) is 0 Å². The molecule has 0 aromatic heterocycles. The largest absolute Gasteiger partial charge is 0.418 e. The van der Waals surface area contributed by atoms with Gasteiger partial charge in [-0.1, -0.05) is 12.1 Å². The van der Waals surface area contributed by atoms with Crippen molar-refractivity contribution in [2.75, 3.05) is 24.1 Å². The van der Waals surface area contributed by atoms with E-state index in [9.17, 15) is 26.4 Å². The molecule has 0 aliphatic carbocycles. The number of hydrogen-bond donors (Lipinski definition) is 1. The third-order valence-corrected chi connectivity index (χ3v) is 6.74. The lowest BCUT2D eigenvalue weighted by Gasteiger charge is -2.18. The van der Waals surface area contributed by atoms with Crippen LogP contribution in [0, 0.1) is 0 Å². The molecule has 1 N–H and O–H groups in total. The Labute approximate surface area is 171 Å². The lowest BCUT2D eigenvalue weighted by Crippen LogP contribution is -2.28. The Morgan fingerprint density at radius 2 is 1.76 bits per heavy atom. The SMILES string of the molecule is CSc1ccc(S(=O)(=O)Nc2ccccc2C(F)(F)F)cc1C(=O)N1CCCC1. The third-order valence-electron chi connectivity index (χ3n) is 4.58. The zero-order valence-corrected chi connectivity index (χ0v) is 17.1. The minimum atomic E-state index is -4.71. The first kappa shape index (κ1) is 21.5. The van der Waals surface area contributed by atoms with Crippen LogP contribution in [0.3, 0.4) is 0 Å². The van der Waals surface area contributed by atoms with E-state index >= 15 is 0 Å². The van der Waals surface area contributed by atoms with Gasteiger partial charge in [0.2, 0.25) is 0 Å². The molecule has 1 fully saturated rings. The molecule has 1 saturated heterocycles. The lowest BCUT2D eigenvalue weighted by atomic mass is 10.2. The summed E-state index contributed by atoms with van der Waals surface area (Å²) in [6, 6.07) is 8.35. The van der Waals surface area contributed by atoms with Crippen molar-refractivity contribution in [2.45, 2.75) is 28.8 Å². The van der Waals surface area contributed by atoms with Crippen molar-refractivity contribution in [1.29, 1.82) is 0 Å². The number of alkyl halides is 3. The lowest BCUT2D eigenvalue weighted by molar-refractivity contribution is -0.136. The van der Waals surface area contributed by atoms with E-state index in [1.54, 1.807) is 11.2 Å². The molecule has 3 rings (SSSR count). The van der Waals surface area contributed by atoms with Crippen molar-refractivity contribution in [3.05, 3.63) is 53.6 Å². The van der Waals surface area contributed by atoms with E-state index in [2.05, 4.69) is 0 Å². The van der Waals surface area contributed by atoms with Crippen LogP contribution in [0.4, 0.5) is 18.9 Å². The van der Waals surface area contributed by atoms with Crippen molar-refractivity contribution in [2.24, 2.45) is 0 Å². The van der Waals surface area contributed by atoms with Crippen LogP contribution in [-0.2, 0) is 16.2 Å². The Balaban J connectivity index is 1.98. The second-order valence-corrected chi connectivity index (χ2v) is 9.04. The van der Waals surface area contributed by atoms with Crippen LogP contribution in [0.15, 0.2) is 52.3 Å². The van der Waals surface area contributed by atoms with E-state index in [4.69, 9.17) is 0 Å². The van der Waals surface area contributed by atoms with Gasteiger partial charge in [-0.05, 0) is 49.4 Å². The molecule has 1 aliphatic heterocycles. The Morgan fingerprint density at radius 3 is 2.38 bits per heavy atom. The number of para-hydroxylation sites is 1. The molecule has 0 radical (unpaired) electrons. The first-order valence-electron chi connectivity index (χ1n) is 8.80. The van der Waals surface area contributed by atoms with Crippen LogP contribution in [0.1, 0.15) is 28.8 Å². The first-order valence-corrected chi connectivity index (χ1v) is 11.5. The third kappa shape index (κ3) is 4.69. The van der Waals surface area contributed by atoms with Gasteiger partial charge < -0.3 is 4.90 Å².